The molecule has 0 radical (unpaired) electrons. The van der Waals surface area contributed by atoms with Gasteiger partial charge in [-0.2, -0.15) is 0 Å². The monoisotopic (exact) mass is 409 g/mol. The molecule has 5 heteroatoms. The molecule has 3 unspecified atom stereocenters. The molecule has 4 bridgehead atoms. The summed E-state index contributed by atoms with van der Waals surface area (Å²) in [7, 11) is 0. The Kier molecular flexibility index (Phi) is 4.69. The number of nitrogens with one attached hydrogen (secondary N) is 1. The van der Waals surface area contributed by atoms with Gasteiger partial charge in [-0.05, 0) is 87.8 Å². The van der Waals surface area contributed by atoms with Crippen LogP contribution in [0.4, 0.5) is 0 Å². The van der Waals surface area contributed by atoms with Crippen molar-refractivity contribution in [3.05, 3.63) is 53.5 Å². The van der Waals surface area contributed by atoms with Crippen LogP contribution >= 0.6 is 0 Å². The molecule has 4 saturated carbocycles. The lowest BCUT2D eigenvalue weighted by Gasteiger charge is -2.62. The van der Waals surface area contributed by atoms with E-state index in [4.69, 9.17) is 9.15 Å². The highest BCUT2D eigenvalue weighted by Crippen LogP contribution is 2.62. The number of amides is 1. The van der Waals surface area contributed by atoms with Gasteiger partial charge in [0.2, 0.25) is 0 Å². The molecular weight excluding hydrogens is 378 g/mol. The number of aryl methyl sites for hydroxylation is 1. The Morgan fingerprint density at radius 2 is 1.90 bits per heavy atom. The smallest absolute Gasteiger partial charge is 0.255 e. The van der Waals surface area contributed by atoms with Gasteiger partial charge in [-0.25, -0.2) is 0 Å². The van der Waals surface area contributed by atoms with E-state index in [2.05, 4.69) is 12.2 Å². The average Bonchev–Trinajstić information content (AvgIpc) is 3.14. The fourth-order valence-electron chi connectivity index (χ4n) is 6.66. The van der Waals surface area contributed by atoms with E-state index < -0.39 is 5.60 Å². The van der Waals surface area contributed by atoms with Crippen LogP contribution in [0.1, 0.15) is 67.1 Å². The predicted molar refractivity (Wildman–Crippen MR) is 113 cm³/mol. The molecule has 4 aliphatic rings. The van der Waals surface area contributed by atoms with Gasteiger partial charge in [0.25, 0.3) is 5.91 Å². The van der Waals surface area contributed by atoms with E-state index in [1.165, 1.54) is 12.0 Å². The van der Waals surface area contributed by atoms with E-state index >= 15 is 0 Å². The number of carbonyl (C=O) groups excluding carboxylic acids is 1. The van der Waals surface area contributed by atoms with Crippen LogP contribution in [0, 0.1) is 24.2 Å². The Balaban J connectivity index is 1.26. The minimum atomic E-state index is -0.522. The van der Waals surface area contributed by atoms with Crippen molar-refractivity contribution < 1.29 is 19.1 Å². The van der Waals surface area contributed by atoms with E-state index in [1.54, 1.807) is 12.3 Å². The fourth-order valence-corrected chi connectivity index (χ4v) is 6.66. The largest absolute Gasteiger partial charge is 0.486 e. The first-order valence-electron chi connectivity index (χ1n) is 11.1. The molecule has 160 valence electrons. The van der Waals surface area contributed by atoms with Crippen molar-refractivity contribution in [3.63, 3.8) is 0 Å². The Morgan fingerprint density at radius 1 is 1.20 bits per heavy atom. The third kappa shape index (κ3) is 3.53. The van der Waals surface area contributed by atoms with Crippen LogP contribution in [0.5, 0.6) is 5.75 Å². The quantitative estimate of drug-likeness (QED) is 0.730. The highest BCUT2D eigenvalue weighted by atomic mass is 16.5. The van der Waals surface area contributed by atoms with Crippen LogP contribution in [0.2, 0.25) is 0 Å². The van der Waals surface area contributed by atoms with Gasteiger partial charge < -0.3 is 19.6 Å². The number of furan rings is 1. The van der Waals surface area contributed by atoms with Crippen molar-refractivity contribution in [2.75, 3.05) is 0 Å². The van der Waals surface area contributed by atoms with Gasteiger partial charge in [-0.15, -0.1) is 0 Å². The molecule has 1 amide bonds. The summed E-state index contributed by atoms with van der Waals surface area (Å²) in [6.07, 6.45) is 7.70. The third-order valence-corrected chi connectivity index (χ3v) is 7.72. The molecule has 1 heterocycles. The van der Waals surface area contributed by atoms with Gasteiger partial charge in [-0.3, -0.25) is 4.79 Å². The molecule has 2 aromatic rings. The maximum Gasteiger partial charge on any atom is 0.255 e. The zero-order valence-corrected chi connectivity index (χ0v) is 17.8. The zero-order chi connectivity index (χ0) is 20.9. The summed E-state index contributed by atoms with van der Waals surface area (Å²) in [5.74, 6) is 2.36. The standard InChI is InChI=1S/C25H31NO4/c1-16-3-5-20(6-4-16)30-14-22-21(7-8-29-22)23(27)26-17(2)24-10-18-9-19(11-24)13-25(28,12-18)15-24/h3-8,17-19,28H,9-15H2,1-2H3,(H,26,27). The number of hydrogen-bond donors (Lipinski definition) is 2. The van der Waals surface area contributed by atoms with E-state index in [-0.39, 0.29) is 24.0 Å². The first-order valence-corrected chi connectivity index (χ1v) is 11.1. The minimum Gasteiger partial charge on any atom is -0.486 e. The third-order valence-electron chi connectivity index (χ3n) is 7.72. The molecule has 6 rings (SSSR count). The zero-order valence-electron chi connectivity index (χ0n) is 17.8. The molecule has 4 aliphatic carbocycles. The van der Waals surface area contributed by atoms with Gasteiger partial charge >= 0.3 is 0 Å². The molecule has 2 N–H and O–H groups in total. The Bertz CT molecular complexity index is 917. The van der Waals surface area contributed by atoms with E-state index in [9.17, 15) is 9.90 Å². The molecule has 5 nitrogen and oxygen atoms in total. The minimum absolute atomic E-state index is 0.0107. The van der Waals surface area contributed by atoms with Crippen molar-refractivity contribution in [1.29, 1.82) is 0 Å². The average molecular weight is 410 g/mol. The van der Waals surface area contributed by atoms with Crippen molar-refractivity contribution in [2.24, 2.45) is 17.3 Å². The van der Waals surface area contributed by atoms with Crippen molar-refractivity contribution >= 4 is 5.91 Å². The molecule has 0 spiro atoms. The number of ether oxygens (including phenoxy) is 1. The second kappa shape index (κ2) is 7.16. The first kappa shape index (κ1) is 19.7. The SMILES string of the molecule is Cc1ccc(OCc2occc2C(=O)NC(C)C23CC4CC(CC(O)(C4)C2)C3)cc1. The number of benzene rings is 1. The maximum absolute atomic E-state index is 13.1. The second-order valence-corrected chi connectivity index (χ2v) is 10.1. The molecule has 0 saturated heterocycles. The summed E-state index contributed by atoms with van der Waals surface area (Å²) in [5, 5.41) is 14.3. The summed E-state index contributed by atoms with van der Waals surface area (Å²) in [5.41, 5.74) is 1.18. The lowest BCUT2D eigenvalue weighted by atomic mass is 9.46. The Hall–Kier alpha value is -2.27. The normalized spacial score (nSPS) is 32.8. The maximum atomic E-state index is 13.1. The topological polar surface area (TPSA) is 71.7 Å². The lowest BCUT2D eigenvalue weighted by Crippen LogP contribution is -2.61. The van der Waals surface area contributed by atoms with Crippen molar-refractivity contribution in [2.45, 2.75) is 70.6 Å². The van der Waals surface area contributed by atoms with E-state index in [0.29, 0.717) is 23.2 Å². The molecule has 1 aromatic carbocycles. The Morgan fingerprint density at radius 3 is 2.57 bits per heavy atom. The molecule has 0 aliphatic heterocycles. The first-order chi connectivity index (χ1) is 14.3. The number of carbonyl (C=O) groups is 1. The highest BCUT2D eigenvalue weighted by Gasteiger charge is 2.59. The van der Waals surface area contributed by atoms with Crippen LogP contribution in [-0.2, 0) is 6.61 Å². The van der Waals surface area contributed by atoms with Crippen molar-refractivity contribution in [3.8, 4) is 5.75 Å². The van der Waals surface area contributed by atoms with Crippen LogP contribution in [0.3, 0.4) is 0 Å². The number of aliphatic hydroxyl groups is 1. The molecule has 4 fully saturated rings. The van der Waals surface area contributed by atoms with Crippen LogP contribution in [0.25, 0.3) is 0 Å². The molecule has 1 aromatic heterocycles. The van der Waals surface area contributed by atoms with Gasteiger partial charge in [0.15, 0.2) is 5.76 Å². The lowest BCUT2D eigenvalue weighted by molar-refractivity contribution is -0.171. The summed E-state index contributed by atoms with van der Waals surface area (Å²) in [6.45, 7) is 4.35. The molecule has 30 heavy (non-hydrogen) atoms. The number of rotatable bonds is 6. The van der Waals surface area contributed by atoms with Crippen LogP contribution < -0.4 is 10.1 Å². The van der Waals surface area contributed by atoms with Gasteiger partial charge in [-0.1, -0.05) is 17.7 Å². The van der Waals surface area contributed by atoms with Gasteiger partial charge in [0.05, 0.1) is 17.4 Å². The van der Waals surface area contributed by atoms with Gasteiger partial charge in [0.1, 0.15) is 12.4 Å². The van der Waals surface area contributed by atoms with Crippen LogP contribution in [0.15, 0.2) is 41.0 Å². The van der Waals surface area contributed by atoms with E-state index in [0.717, 1.165) is 37.9 Å². The summed E-state index contributed by atoms with van der Waals surface area (Å²) < 4.78 is 11.4. The van der Waals surface area contributed by atoms with Crippen LogP contribution in [-0.4, -0.2) is 22.7 Å². The Labute approximate surface area is 177 Å². The summed E-state index contributed by atoms with van der Waals surface area (Å²) in [6, 6.07) is 9.54. The summed E-state index contributed by atoms with van der Waals surface area (Å²) in [4.78, 5) is 13.1. The highest BCUT2D eigenvalue weighted by molar-refractivity contribution is 5.95. The summed E-state index contributed by atoms with van der Waals surface area (Å²) >= 11 is 0. The fraction of sp³-hybridized carbons (Fsp3) is 0.560. The molecule has 3 atom stereocenters. The van der Waals surface area contributed by atoms with Crippen molar-refractivity contribution in [1.82, 2.24) is 5.32 Å². The predicted octanol–water partition coefficient (Wildman–Crippen LogP) is 4.62. The van der Waals surface area contributed by atoms with E-state index in [1.807, 2.05) is 31.2 Å². The second-order valence-electron chi connectivity index (χ2n) is 10.1. The number of hydrogen-bond acceptors (Lipinski definition) is 4. The molecular formula is C25H31NO4. The van der Waals surface area contributed by atoms with Gasteiger partial charge in [0, 0.05) is 6.04 Å².